The van der Waals surface area contributed by atoms with Crippen LogP contribution in [-0.2, 0) is 6.54 Å². The molecule has 1 heterocycles. The second-order valence-electron chi connectivity index (χ2n) is 3.60. The summed E-state index contributed by atoms with van der Waals surface area (Å²) in [5, 5.41) is 0. The fourth-order valence-corrected chi connectivity index (χ4v) is 1.58. The lowest BCUT2D eigenvalue weighted by Gasteiger charge is -2.08. The van der Waals surface area contributed by atoms with Gasteiger partial charge in [-0.15, -0.1) is 24.8 Å². The minimum Gasteiger partial charge on any atom is -0.496 e. The lowest BCUT2D eigenvalue weighted by molar-refractivity contribution is 0.415. The predicted octanol–water partition coefficient (Wildman–Crippen LogP) is 3.20. The van der Waals surface area contributed by atoms with Crippen LogP contribution in [0, 0.1) is 5.82 Å². The molecule has 0 fully saturated rings. The summed E-state index contributed by atoms with van der Waals surface area (Å²) in [7, 11) is 1.55. The van der Waals surface area contributed by atoms with Crippen molar-refractivity contribution < 1.29 is 9.13 Å². The molecule has 1 aromatic heterocycles. The van der Waals surface area contributed by atoms with Crippen molar-refractivity contribution in [2.75, 3.05) is 7.11 Å². The van der Waals surface area contributed by atoms with E-state index in [9.17, 15) is 4.39 Å². The molecule has 0 aliphatic carbocycles. The van der Waals surface area contributed by atoms with Gasteiger partial charge in [0.25, 0.3) is 0 Å². The summed E-state index contributed by atoms with van der Waals surface area (Å²) >= 11 is 0. The van der Waals surface area contributed by atoms with Gasteiger partial charge in [-0.2, -0.15) is 0 Å². The molecule has 0 saturated carbocycles. The van der Waals surface area contributed by atoms with Gasteiger partial charge in [0.2, 0.25) is 0 Å². The molecular formula is C13H15Cl2FN2O. The third-order valence-electron chi connectivity index (χ3n) is 2.50. The Morgan fingerprint density at radius 3 is 2.47 bits per heavy atom. The molecule has 0 aliphatic rings. The average molecular weight is 305 g/mol. The average Bonchev–Trinajstić information content (AvgIpc) is 2.39. The first kappa shape index (κ1) is 17.6. The molecule has 2 N–H and O–H groups in total. The van der Waals surface area contributed by atoms with E-state index in [1.807, 2.05) is 6.07 Å². The number of ether oxygens (including phenoxy) is 1. The maximum Gasteiger partial charge on any atom is 0.128 e. The first-order chi connectivity index (χ1) is 8.24. The third-order valence-corrected chi connectivity index (χ3v) is 2.50. The Morgan fingerprint density at radius 2 is 1.95 bits per heavy atom. The summed E-state index contributed by atoms with van der Waals surface area (Å²) in [5.74, 6) is 0.282. The van der Waals surface area contributed by atoms with Gasteiger partial charge in [0.1, 0.15) is 11.6 Å². The number of pyridine rings is 1. The fourth-order valence-electron chi connectivity index (χ4n) is 1.58. The standard InChI is InChI=1S/C13H13FN2O.2ClH/c1-17-13-5-3-10(14)6-11(13)12-4-2-9(7-15)8-16-12;;/h2-6,8H,7,15H2,1H3;2*1H. The lowest BCUT2D eigenvalue weighted by Crippen LogP contribution is -1.97. The molecule has 0 atom stereocenters. The zero-order valence-corrected chi connectivity index (χ0v) is 11.9. The van der Waals surface area contributed by atoms with Crippen LogP contribution in [0.2, 0.25) is 0 Å². The number of aromatic nitrogens is 1. The number of nitrogens with zero attached hydrogens (tertiary/aromatic N) is 1. The topological polar surface area (TPSA) is 48.1 Å². The number of hydrogen-bond acceptors (Lipinski definition) is 3. The van der Waals surface area contributed by atoms with Crippen molar-refractivity contribution in [2.24, 2.45) is 5.73 Å². The van der Waals surface area contributed by atoms with Crippen LogP contribution in [0.25, 0.3) is 11.3 Å². The molecule has 2 rings (SSSR count). The quantitative estimate of drug-likeness (QED) is 0.947. The first-order valence-corrected chi connectivity index (χ1v) is 5.23. The highest BCUT2D eigenvalue weighted by molar-refractivity contribution is 5.85. The van der Waals surface area contributed by atoms with Crippen molar-refractivity contribution in [2.45, 2.75) is 6.54 Å². The van der Waals surface area contributed by atoms with Crippen LogP contribution in [-0.4, -0.2) is 12.1 Å². The summed E-state index contributed by atoms with van der Waals surface area (Å²) < 4.78 is 18.4. The monoisotopic (exact) mass is 304 g/mol. The van der Waals surface area contributed by atoms with Gasteiger partial charge in [-0.1, -0.05) is 6.07 Å². The van der Waals surface area contributed by atoms with Crippen LogP contribution >= 0.6 is 24.8 Å². The van der Waals surface area contributed by atoms with E-state index in [1.165, 1.54) is 12.1 Å². The maximum absolute atomic E-state index is 13.2. The van der Waals surface area contributed by atoms with E-state index in [1.54, 1.807) is 25.4 Å². The van der Waals surface area contributed by atoms with Gasteiger partial charge in [-0.25, -0.2) is 4.39 Å². The van der Waals surface area contributed by atoms with Gasteiger partial charge in [-0.3, -0.25) is 4.98 Å². The Hall–Kier alpha value is -1.36. The molecule has 0 unspecified atom stereocenters. The summed E-state index contributed by atoms with van der Waals surface area (Å²) in [6, 6.07) is 8.02. The maximum atomic E-state index is 13.2. The van der Waals surface area contributed by atoms with Crippen LogP contribution < -0.4 is 10.5 Å². The van der Waals surface area contributed by atoms with E-state index in [-0.39, 0.29) is 30.6 Å². The Kier molecular flexibility index (Phi) is 7.37. The Morgan fingerprint density at radius 1 is 1.21 bits per heavy atom. The molecular weight excluding hydrogens is 290 g/mol. The number of hydrogen-bond donors (Lipinski definition) is 1. The Balaban J connectivity index is 0.00000162. The molecule has 104 valence electrons. The first-order valence-electron chi connectivity index (χ1n) is 5.23. The lowest BCUT2D eigenvalue weighted by atomic mass is 10.1. The molecule has 3 nitrogen and oxygen atoms in total. The molecule has 0 bridgehead atoms. The van der Waals surface area contributed by atoms with Gasteiger partial charge in [0.05, 0.1) is 12.8 Å². The van der Waals surface area contributed by atoms with Gasteiger partial charge in [0, 0.05) is 18.3 Å². The molecule has 1 aromatic carbocycles. The Bertz CT molecular complexity index is 521. The second-order valence-corrected chi connectivity index (χ2v) is 3.60. The second kappa shape index (κ2) is 7.94. The normalized spacial score (nSPS) is 9.21. The molecule has 6 heteroatoms. The Labute approximate surface area is 123 Å². The van der Waals surface area contributed by atoms with Crippen LogP contribution in [0.1, 0.15) is 5.56 Å². The summed E-state index contributed by atoms with van der Waals surface area (Å²) in [5.41, 5.74) is 7.73. The molecule has 0 spiro atoms. The van der Waals surface area contributed by atoms with Crippen molar-refractivity contribution in [3.05, 3.63) is 47.9 Å². The minimum atomic E-state index is -0.314. The van der Waals surface area contributed by atoms with E-state index < -0.39 is 0 Å². The number of benzene rings is 1. The summed E-state index contributed by atoms with van der Waals surface area (Å²) in [6.45, 7) is 0.438. The van der Waals surface area contributed by atoms with Crippen molar-refractivity contribution in [3.8, 4) is 17.0 Å². The smallest absolute Gasteiger partial charge is 0.128 e. The van der Waals surface area contributed by atoms with E-state index in [4.69, 9.17) is 10.5 Å². The highest BCUT2D eigenvalue weighted by atomic mass is 35.5. The minimum absolute atomic E-state index is 0. The molecule has 0 aliphatic heterocycles. The summed E-state index contributed by atoms with van der Waals surface area (Å²) in [4.78, 5) is 4.24. The third kappa shape index (κ3) is 4.06. The number of rotatable bonds is 3. The van der Waals surface area contributed by atoms with Crippen molar-refractivity contribution in [1.82, 2.24) is 4.98 Å². The zero-order valence-electron chi connectivity index (χ0n) is 10.3. The highest BCUT2D eigenvalue weighted by Gasteiger charge is 2.08. The number of nitrogens with two attached hydrogens (primary N) is 1. The van der Waals surface area contributed by atoms with Crippen molar-refractivity contribution >= 4 is 24.8 Å². The van der Waals surface area contributed by atoms with E-state index in [2.05, 4.69) is 4.98 Å². The van der Waals surface area contributed by atoms with Gasteiger partial charge in [0.15, 0.2) is 0 Å². The largest absolute Gasteiger partial charge is 0.496 e. The van der Waals surface area contributed by atoms with Gasteiger partial charge >= 0.3 is 0 Å². The molecule has 0 amide bonds. The van der Waals surface area contributed by atoms with Gasteiger partial charge < -0.3 is 10.5 Å². The van der Waals surface area contributed by atoms with Crippen LogP contribution in [0.15, 0.2) is 36.5 Å². The van der Waals surface area contributed by atoms with Crippen LogP contribution in [0.3, 0.4) is 0 Å². The van der Waals surface area contributed by atoms with Gasteiger partial charge in [-0.05, 0) is 29.8 Å². The van der Waals surface area contributed by atoms with Crippen LogP contribution in [0.5, 0.6) is 5.75 Å². The van der Waals surface area contributed by atoms with E-state index >= 15 is 0 Å². The molecule has 0 saturated heterocycles. The SMILES string of the molecule is COc1ccc(F)cc1-c1ccc(CN)cn1.Cl.Cl. The van der Waals surface area contributed by atoms with Crippen molar-refractivity contribution in [1.29, 1.82) is 0 Å². The molecule has 0 radical (unpaired) electrons. The number of methoxy groups -OCH3 is 1. The fraction of sp³-hybridized carbons (Fsp3) is 0.154. The van der Waals surface area contributed by atoms with E-state index in [0.717, 1.165) is 5.56 Å². The van der Waals surface area contributed by atoms with Crippen LogP contribution in [0.4, 0.5) is 4.39 Å². The number of halogens is 3. The highest BCUT2D eigenvalue weighted by Crippen LogP contribution is 2.29. The summed E-state index contributed by atoms with van der Waals surface area (Å²) in [6.07, 6.45) is 1.68. The van der Waals surface area contributed by atoms with E-state index in [0.29, 0.717) is 23.6 Å². The molecule has 19 heavy (non-hydrogen) atoms. The zero-order chi connectivity index (χ0) is 12.3. The van der Waals surface area contributed by atoms with Crippen molar-refractivity contribution in [3.63, 3.8) is 0 Å². The predicted molar refractivity (Wildman–Crippen MR) is 78.6 cm³/mol. The molecule has 2 aromatic rings.